The quantitative estimate of drug-likeness (QED) is 0.898. The second kappa shape index (κ2) is 12.7. The lowest BCUT2D eigenvalue weighted by Crippen LogP contribution is -2.15. The van der Waals surface area contributed by atoms with Crippen molar-refractivity contribution in [3.05, 3.63) is 66.7 Å². The number of aliphatic hydroxyl groups is 1. The SMILES string of the molecule is CC.CC(CO)Oc1ccccc1.c1ccccc1. The van der Waals surface area contributed by atoms with Crippen molar-refractivity contribution in [1.82, 2.24) is 0 Å². The first-order valence-electron chi connectivity index (χ1n) is 6.65. The van der Waals surface area contributed by atoms with Crippen LogP contribution in [0, 0.1) is 0 Å². The summed E-state index contributed by atoms with van der Waals surface area (Å²) in [6, 6.07) is 21.5. The van der Waals surface area contributed by atoms with E-state index >= 15 is 0 Å². The number of hydrogen-bond acceptors (Lipinski definition) is 2. The average molecular weight is 260 g/mol. The molecule has 0 spiro atoms. The maximum atomic E-state index is 8.67. The standard InChI is InChI=1S/C9H12O2.C6H6.C2H6/c1-8(7-10)11-9-5-3-2-4-6-9;1-2-4-6-5-3-1;1-2/h2-6,8,10H,7H2,1H3;1-6H;1-2H3. The molecule has 2 aromatic rings. The normalized spacial score (nSPS) is 10.1. The minimum Gasteiger partial charge on any atom is -0.488 e. The van der Waals surface area contributed by atoms with Gasteiger partial charge in [0.2, 0.25) is 0 Å². The molecule has 2 heteroatoms. The van der Waals surface area contributed by atoms with Crippen molar-refractivity contribution in [3.63, 3.8) is 0 Å². The fraction of sp³-hybridized carbons (Fsp3) is 0.294. The van der Waals surface area contributed by atoms with Crippen molar-refractivity contribution in [3.8, 4) is 5.75 Å². The fourth-order valence-corrected chi connectivity index (χ4v) is 1.15. The molecule has 2 nitrogen and oxygen atoms in total. The highest BCUT2D eigenvalue weighted by molar-refractivity contribution is 5.21. The third-order valence-corrected chi connectivity index (χ3v) is 2.00. The van der Waals surface area contributed by atoms with Gasteiger partial charge in [-0.1, -0.05) is 68.4 Å². The van der Waals surface area contributed by atoms with Crippen molar-refractivity contribution >= 4 is 0 Å². The Bertz CT molecular complexity index is 346. The molecule has 2 aromatic carbocycles. The second-order valence-corrected chi connectivity index (χ2v) is 3.58. The fourth-order valence-electron chi connectivity index (χ4n) is 1.15. The summed E-state index contributed by atoms with van der Waals surface area (Å²) in [4.78, 5) is 0. The number of ether oxygens (including phenoxy) is 1. The summed E-state index contributed by atoms with van der Waals surface area (Å²) < 4.78 is 5.31. The molecule has 0 bridgehead atoms. The molecular formula is C17H24O2. The zero-order chi connectivity index (χ0) is 14.3. The molecule has 0 radical (unpaired) electrons. The van der Waals surface area contributed by atoms with E-state index in [0.29, 0.717) is 0 Å². The van der Waals surface area contributed by atoms with Crippen LogP contribution in [0.15, 0.2) is 66.7 Å². The van der Waals surface area contributed by atoms with Crippen LogP contribution >= 0.6 is 0 Å². The molecule has 104 valence electrons. The predicted molar refractivity (Wildman–Crippen MR) is 81.4 cm³/mol. The van der Waals surface area contributed by atoms with Gasteiger partial charge in [0.15, 0.2) is 0 Å². The van der Waals surface area contributed by atoms with Gasteiger partial charge in [-0.15, -0.1) is 0 Å². The zero-order valence-corrected chi connectivity index (χ0v) is 12.0. The van der Waals surface area contributed by atoms with E-state index in [1.165, 1.54) is 0 Å². The molecule has 1 unspecified atom stereocenters. The molecular weight excluding hydrogens is 236 g/mol. The van der Waals surface area contributed by atoms with Crippen molar-refractivity contribution < 1.29 is 9.84 Å². The van der Waals surface area contributed by atoms with Crippen LogP contribution in [0.25, 0.3) is 0 Å². The van der Waals surface area contributed by atoms with Gasteiger partial charge in [-0.2, -0.15) is 0 Å². The second-order valence-electron chi connectivity index (χ2n) is 3.58. The van der Waals surface area contributed by atoms with Crippen LogP contribution in [0.2, 0.25) is 0 Å². The van der Waals surface area contributed by atoms with Gasteiger partial charge < -0.3 is 9.84 Å². The van der Waals surface area contributed by atoms with E-state index in [-0.39, 0.29) is 12.7 Å². The molecule has 0 heterocycles. The molecule has 1 N–H and O–H groups in total. The van der Waals surface area contributed by atoms with E-state index in [2.05, 4.69) is 0 Å². The average Bonchev–Trinajstić information content (AvgIpc) is 2.52. The third kappa shape index (κ3) is 9.86. The van der Waals surface area contributed by atoms with E-state index in [1.54, 1.807) is 0 Å². The Morgan fingerprint density at radius 3 is 1.58 bits per heavy atom. The highest BCUT2D eigenvalue weighted by Crippen LogP contribution is 2.09. The summed E-state index contributed by atoms with van der Waals surface area (Å²) in [6.07, 6.45) is -0.127. The van der Waals surface area contributed by atoms with Crippen LogP contribution in [-0.4, -0.2) is 17.8 Å². The Labute approximate surface area is 116 Å². The van der Waals surface area contributed by atoms with Crippen molar-refractivity contribution in [2.45, 2.75) is 26.9 Å². The van der Waals surface area contributed by atoms with Gasteiger partial charge in [0.05, 0.1) is 6.61 Å². The molecule has 0 saturated carbocycles. The first kappa shape index (κ1) is 17.2. The minimum absolute atomic E-state index is 0.0505. The van der Waals surface area contributed by atoms with Gasteiger partial charge in [0, 0.05) is 0 Å². The van der Waals surface area contributed by atoms with E-state index in [4.69, 9.17) is 9.84 Å². The first-order chi connectivity index (χ1) is 9.33. The van der Waals surface area contributed by atoms with Gasteiger partial charge in [0.25, 0.3) is 0 Å². The van der Waals surface area contributed by atoms with Crippen molar-refractivity contribution in [2.75, 3.05) is 6.61 Å². The van der Waals surface area contributed by atoms with Gasteiger partial charge >= 0.3 is 0 Å². The molecule has 2 rings (SSSR count). The Hall–Kier alpha value is -1.80. The molecule has 0 aliphatic carbocycles. The molecule has 0 aliphatic heterocycles. The summed E-state index contributed by atoms with van der Waals surface area (Å²) >= 11 is 0. The minimum atomic E-state index is -0.127. The molecule has 0 saturated heterocycles. The number of aliphatic hydroxyl groups excluding tert-OH is 1. The van der Waals surface area contributed by atoms with Gasteiger partial charge in [0.1, 0.15) is 11.9 Å². The maximum absolute atomic E-state index is 8.67. The largest absolute Gasteiger partial charge is 0.488 e. The summed E-state index contributed by atoms with van der Waals surface area (Å²) in [5, 5.41) is 8.67. The molecule has 0 fully saturated rings. The Morgan fingerprint density at radius 2 is 1.21 bits per heavy atom. The number of hydrogen-bond donors (Lipinski definition) is 1. The Kier molecular flexibility index (Phi) is 11.5. The topological polar surface area (TPSA) is 29.5 Å². The number of rotatable bonds is 3. The molecule has 1 atom stereocenters. The number of para-hydroxylation sites is 1. The van der Waals surface area contributed by atoms with E-state index < -0.39 is 0 Å². The van der Waals surface area contributed by atoms with Crippen molar-refractivity contribution in [1.29, 1.82) is 0 Å². The smallest absolute Gasteiger partial charge is 0.119 e. The summed E-state index contributed by atoms with van der Waals surface area (Å²) in [5.41, 5.74) is 0. The molecule has 0 aliphatic rings. The third-order valence-electron chi connectivity index (χ3n) is 2.00. The summed E-state index contributed by atoms with van der Waals surface area (Å²) in [5.74, 6) is 0.800. The van der Waals surface area contributed by atoms with Crippen LogP contribution in [0.1, 0.15) is 20.8 Å². The first-order valence-corrected chi connectivity index (χ1v) is 6.65. The van der Waals surface area contributed by atoms with Crippen molar-refractivity contribution in [2.24, 2.45) is 0 Å². The Balaban J connectivity index is 0.000000341. The Morgan fingerprint density at radius 1 is 0.842 bits per heavy atom. The van der Waals surface area contributed by atoms with Crippen LogP contribution < -0.4 is 4.74 Å². The van der Waals surface area contributed by atoms with Crippen LogP contribution in [0.3, 0.4) is 0 Å². The molecule has 0 aromatic heterocycles. The van der Waals surface area contributed by atoms with Crippen LogP contribution in [0.5, 0.6) is 5.75 Å². The predicted octanol–water partition coefficient (Wildman–Crippen LogP) is 4.16. The molecule has 19 heavy (non-hydrogen) atoms. The maximum Gasteiger partial charge on any atom is 0.119 e. The van der Waals surface area contributed by atoms with Crippen LogP contribution in [-0.2, 0) is 0 Å². The van der Waals surface area contributed by atoms with Crippen LogP contribution in [0.4, 0.5) is 0 Å². The lowest BCUT2D eigenvalue weighted by atomic mass is 10.3. The highest BCUT2D eigenvalue weighted by Gasteiger charge is 1.99. The molecule has 0 amide bonds. The van der Waals surface area contributed by atoms with Gasteiger partial charge in [-0.3, -0.25) is 0 Å². The monoisotopic (exact) mass is 260 g/mol. The van der Waals surface area contributed by atoms with E-state index in [1.807, 2.05) is 87.5 Å². The zero-order valence-electron chi connectivity index (χ0n) is 12.0. The van der Waals surface area contributed by atoms with Gasteiger partial charge in [-0.25, -0.2) is 0 Å². The highest BCUT2D eigenvalue weighted by atomic mass is 16.5. The van der Waals surface area contributed by atoms with Gasteiger partial charge in [-0.05, 0) is 19.1 Å². The van der Waals surface area contributed by atoms with E-state index in [9.17, 15) is 0 Å². The lowest BCUT2D eigenvalue weighted by Gasteiger charge is -2.10. The van der Waals surface area contributed by atoms with E-state index in [0.717, 1.165) is 5.75 Å². The number of benzene rings is 2. The summed E-state index contributed by atoms with van der Waals surface area (Å²) in [7, 11) is 0. The summed E-state index contributed by atoms with van der Waals surface area (Å²) in [6.45, 7) is 5.88. The lowest BCUT2D eigenvalue weighted by molar-refractivity contribution is 0.130.